The number of thiophene rings is 1. The summed E-state index contributed by atoms with van der Waals surface area (Å²) in [7, 11) is 0. The number of fused-ring (bicyclic) bond motifs is 1. The predicted octanol–water partition coefficient (Wildman–Crippen LogP) is 5.23. The molecule has 0 unspecified atom stereocenters. The lowest BCUT2D eigenvalue weighted by Gasteiger charge is -2.04. The summed E-state index contributed by atoms with van der Waals surface area (Å²) in [4.78, 5) is 25.7. The molecule has 2 aromatic carbocycles. The first-order valence-corrected chi connectivity index (χ1v) is 9.83. The number of nitrogens with zero attached hydrogens (tertiary/aromatic N) is 2. The highest BCUT2D eigenvalue weighted by Gasteiger charge is 2.20. The van der Waals surface area contributed by atoms with Crippen molar-refractivity contribution in [1.29, 1.82) is 0 Å². The summed E-state index contributed by atoms with van der Waals surface area (Å²) >= 11 is 7.49. The predicted molar refractivity (Wildman–Crippen MR) is 110 cm³/mol. The van der Waals surface area contributed by atoms with Gasteiger partial charge in [0.05, 0.1) is 16.4 Å². The van der Waals surface area contributed by atoms with E-state index in [0.717, 1.165) is 15.9 Å². The van der Waals surface area contributed by atoms with Gasteiger partial charge < -0.3 is 4.74 Å². The summed E-state index contributed by atoms with van der Waals surface area (Å²) in [5.41, 5.74) is 1.74. The van der Waals surface area contributed by atoms with Gasteiger partial charge in [-0.25, -0.2) is 13.9 Å². The Labute approximate surface area is 174 Å². The minimum atomic E-state index is -0.605. The van der Waals surface area contributed by atoms with Crippen molar-refractivity contribution in [1.82, 2.24) is 9.78 Å². The van der Waals surface area contributed by atoms with E-state index in [1.807, 2.05) is 25.1 Å². The molecule has 0 fully saturated rings. The second kappa shape index (κ2) is 7.77. The molecule has 146 valence electrons. The van der Waals surface area contributed by atoms with E-state index in [1.165, 1.54) is 35.6 Å². The molecule has 2 aromatic heterocycles. The first kappa shape index (κ1) is 19.3. The van der Waals surface area contributed by atoms with Crippen LogP contribution in [0.3, 0.4) is 0 Å². The van der Waals surface area contributed by atoms with Gasteiger partial charge in [-0.1, -0.05) is 23.7 Å². The van der Waals surface area contributed by atoms with E-state index in [9.17, 15) is 14.0 Å². The number of hydrogen-bond acceptors (Lipinski definition) is 5. The molecule has 0 radical (unpaired) electrons. The van der Waals surface area contributed by atoms with Gasteiger partial charge in [-0.3, -0.25) is 4.79 Å². The third-order valence-corrected chi connectivity index (χ3v) is 5.74. The Morgan fingerprint density at radius 2 is 1.90 bits per heavy atom. The van der Waals surface area contributed by atoms with Crippen LogP contribution in [0.1, 0.15) is 25.7 Å². The summed E-state index contributed by atoms with van der Waals surface area (Å²) < 4.78 is 19.8. The molecule has 2 heterocycles. The first-order chi connectivity index (χ1) is 13.9. The minimum Gasteiger partial charge on any atom is -0.453 e. The standard InChI is InChI=1S/C21H14ClFN2O3S/c1-12-15-10-19(21(27)28-11-18(26)13-6-8-14(23)9-7-13)29-20(15)25(24-12)17-5-3-2-4-16(17)22/h2-10H,11H2,1H3. The van der Waals surface area contributed by atoms with Crippen LogP contribution in [-0.2, 0) is 4.74 Å². The van der Waals surface area contributed by atoms with E-state index in [1.54, 1.807) is 16.8 Å². The van der Waals surface area contributed by atoms with Crippen LogP contribution in [0, 0.1) is 12.7 Å². The molecule has 29 heavy (non-hydrogen) atoms. The summed E-state index contributed by atoms with van der Waals surface area (Å²) in [5, 5.41) is 5.86. The van der Waals surface area contributed by atoms with Crippen LogP contribution in [0.25, 0.3) is 15.9 Å². The number of carbonyl (C=O) groups excluding carboxylic acids is 2. The maximum Gasteiger partial charge on any atom is 0.348 e. The van der Waals surface area contributed by atoms with Gasteiger partial charge in [0.2, 0.25) is 0 Å². The number of ether oxygens (including phenoxy) is 1. The third-order valence-electron chi connectivity index (χ3n) is 4.33. The molecule has 4 aromatic rings. The van der Waals surface area contributed by atoms with Gasteiger partial charge in [-0.2, -0.15) is 5.10 Å². The average Bonchev–Trinajstić information content (AvgIpc) is 3.28. The maximum atomic E-state index is 13.0. The number of ketones is 1. The zero-order valence-corrected chi connectivity index (χ0v) is 16.8. The van der Waals surface area contributed by atoms with Crippen molar-refractivity contribution in [3.05, 3.63) is 81.6 Å². The van der Waals surface area contributed by atoms with Gasteiger partial charge in [-0.15, -0.1) is 11.3 Å². The first-order valence-electron chi connectivity index (χ1n) is 8.64. The Hall–Kier alpha value is -3.03. The second-order valence-corrected chi connectivity index (χ2v) is 7.72. The van der Waals surface area contributed by atoms with Gasteiger partial charge >= 0.3 is 5.97 Å². The van der Waals surface area contributed by atoms with Crippen molar-refractivity contribution in [2.45, 2.75) is 6.92 Å². The zero-order valence-electron chi connectivity index (χ0n) is 15.2. The number of Topliss-reactive ketones (excluding diaryl/α,β-unsaturated/α-hetero) is 1. The summed E-state index contributed by atoms with van der Waals surface area (Å²) in [5.74, 6) is -1.45. The average molecular weight is 429 g/mol. The number of aromatic nitrogens is 2. The molecule has 0 N–H and O–H groups in total. The van der Waals surface area contributed by atoms with Crippen molar-refractivity contribution >= 4 is 44.9 Å². The van der Waals surface area contributed by atoms with Crippen LogP contribution in [0.5, 0.6) is 0 Å². The Morgan fingerprint density at radius 3 is 2.62 bits per heavy atom. The van der Waals surface area contributed by atoms with E-state index in [4.69, 9.17) is 16.3 Å². The van der Waals surface area contributed by atoms with E-state index >= 15 is 0 Å². The van der Waals surface area contributed by atoms with E-state index < -0.39 is 24.2 Å². The van der Waals surface area contributed by atoms with Crippen molar-refractivity contribution < 1.29 is 18.7 Å². The molecule has 5 nitrogen and oxygen atoms in total. The molecule has 0 bridgehead atoms. The molecular weight excluding hydrogens is 415 g/mol. The SMILES string of the molecule is Cc1nn(-c2ccccc2Cl)c2sc(C(=O)OCC(=O)c3ccc(F)cc3)cc12. The smallest absolute Gasteiger partial charge is 0.348 e. The molecule has 0 amide bonds. The van der Waals surface area contributed by atoms with Crippen LogP contribution in [0.4, 0.5) is 4.39 Å². The fourth-order valence-electron chi connectivity index (χ4n) is 2.86. The highest BCUT2D eigenvalue weighted by Crippen LogP contribution is 2.32. The summed E-state index contributed by atoms with van der Waals surface area (Å²) in [6.07, 6.45) is 0. The number of aryl methyl sites for hydroxylation is 1. The van der Waals surface area contributed by atoms with Gasteiger partial charge in [0, 0.05) is 10.9 Å². The van der Waals surface area contributed by atoms with Gasteiger partial charge in [0.15, 0.2) is 12.4 Å². The molecule has 0 aliphatic carbocycles. The topological polar surface area (TPSA) is 61.2 Å². The number of carbonyl (C=O) groups is 2. The van der Waals surface area contributed by atoms with Crippen molar-refractivity contribution in [2.75, 3.05) is 6.61 Å². The lowest BCUT2D eigenvalue weighted by Crippen LogP contribution is -2.13. The number of halogens is 2. The van der Waals surface area contributed by atoms with E-state index in [0.29, 0.717) is 15.6 Å². The largest absolute Gasteiger partial charge is 0.453 e. The van der Waals surface area contributed by atoms with Crippen LogP contribution >= 0.6 is 22.9 Å². The highest BCUT2D eigenvalue weighted by atomic mass is 35.5. The molecule has 0 aliphatic heterocycles. The third kappa shape index (κ3) is 3.79. The molecular formula is C21H14ClFN2O3S. The Balaban J connectivity index is 1.56. The lowest BCUT2D eigenvalue weighted by molar-refractivity contribution is 0.0479. The fraction of sp³-hybridized carbons (Fsp3) is 0.0952. The van der Waals surface area contributed by atoms with Gasteiger partial charge in [-0.05, 0) is 49.4 Å². The van der Waals surface area contributed by atoms with Crippen molar-refractivity contribution in [3.63, 3.8) is 0 Å². The quantitative estimate of drug-likeness (QED) is 0.322. The number of rotatable bonds is 5. The second-order valence-electron chi connectivity index (χ2n) is 6.28. The van der Waals surface area contributed by atoms with E-state index in [2.05, 4.69) is 5.10 Å². The molecule has 0 aliphatic rings. The Bertz CT molecular complexity index is 1230. The lowest BCUT2D eigenvalue weighted by atomic mass is 10.1. The van der Waals surface area contributed by atoms with Crippen LogP contribution in [-0.4, -0.2) is 28.1 Å². The number of para-hydroxylation sites is 1. The molecule has 0 atom stereocenters. The number of esters is 1. The summed E-state index contributed by atoms with van der Waals surface area (Å²) in [6.45, 7) is 1.42. The number of benzene rings is 2. The Kier molecular flexibility index (Phi) is 5.17. The molecule has 0 saturated carbocycles. The zero-order chi connectivity index (χ0) is 20.5. The Morgan fingerprint density at radius 1 is 1.17 bits per heavy atom. The number of hydrogen-bond donors (Lipinski definition) is 0. The molecule has 0 spiro atoms. The van der Waals surface area contributed by atoms with Gasteiger partial charge in [0.25, 0.3) is 0 Å². The van der Waals surface area contributed by atoms with Crippen molar-refractivity contribution in [2.24, 2.45) is 0 Å². The molecule has 8 heteroatoms. The molecule has 4 rings (SSSR count). The van der Waals surface area contributed by atoms with Crippen LogP contribution in [0.15, 0.2) is 54.6 Å². The van der Waals surface area contributed by atoms with Crippen LogP contribution in [0.2, 0.25) is 5.02 Å². The van der Waals surface area contributed by atoms with E-state index in [-0.39, 0.29) is 5.56 Å². The highest BCUT2D eigenvalue weighted by molar-refractivity contribution is 7.20. The maximum absolute atomic E-state index is 13.0. The molecule has 0 saturated heterocycles. The van der Waals surface area contributed by atoms with Gasteiger partial charge in [0.1, 0.15) is 15.5 Å². The van der Waals surface area contributed by atoms with Crippen LogP contribution < -0.4 is 0 Å². The fourth-order valence-corrected chi connectivity index (χ4v) is 4.14. The monoisotopic (exact) mass is 428 g/mol. The summed E-state index contributed by atoms with van der Waals surface area (Å²) in [6, 6.07) is 14.1. The van der Waals surface area contributed by atoms with Crippen molar-refractivity contribution in [3.8, 4) is 5.69 Å². The minimum absolute atomic E-state index is 0.278. The normalized spacial score (nSPS) is 11.0.